The molecule has 1 atom stereocenters. The van der Waals surface area contributed by atoms with Crippen LogP contribution in [0.1, 0.15) is 32.1 Å². The fraction of sp³-hybridized carbons (Fsp3) is 0.625. The Morgan fingerprint density at radius 2 is 1.90 bits per heavy atom. The van der Waals surface area contributed by atoms with Crippen LogP contribution < -0.4 is 4.74 Å². The van der Waals surface area contributed by atoms with E-state index in [1.165, 1.54) is 6.42 Å². The first kappa shape index (κ1) is 16.9. The van der Waals surface area contributed by atoms with E-state index in [4.69, 9.17) is 27.9 Å². The normalized spacial score (nSPS) is 19.5. The third-order valence-electron chi connectivity index (χ3n) is 4.01. The number of halogens is 2. The molecule has 1 aromatic carbocycles. The molecule has 1 aromatic rings. The molecule has 0 amide bonds. The first-order chi connectivity index (χ1) is 9.90. The van der Waals surface area contributed by atoms with E-state index >= 15 is 0 Å². The van der Waals surface area contributed by atoms with Crippen molar-refractivity contribution in [3.8, 4) is 5.75 Å². The SMILES string of the molecule is CN(C)CC(Oc1ccc(Cl)cc1Cl)C1(O)CCCCC1. The van der Waals surface area contributed by atoms with Crippen LogP contribution in [-0.4, -0.2) is 42.4 Å². The summed E-state index contributed by atoms with van der Waals surface area (Å²) in [5, 5.41) is 12.0. The van der Waals surface area contributed by atoms with Crippen molar-refractivity contribution in [2.45, 2.75) is 43.8 Å². The second-order valence-electron chi connectivity index (χ2n) is 6.11. The third kappa shape index (κ3) is 4.49. The fourth-order valence-electron chi connectivity index (χ4n) is 2.86. The van der Waals surface area contributed by atoms with E-state index < -0.39 is 5.60 Å². The van der Waals surface area contributed by atoms with Gasteiger partial charge in [0.1, 0.15) is 17.5 Å². The lowest BCUT2D eigenvalue weighted by molar-refractivity contribution is -0.0915. The van der Waals surface area contributed by atoms with Crippen molar-refractivity contribution in [2.24, 2.45) is 0 Å². The maximum absolute atomic E-state index is 11.0. The molecule has 0 aromatic heterocycles. The standard InChI is InChI=1S/C16H23Cl2NO2/c1-19(2)11-15(16(20)8-4-3-5-9-16)21-14-7-6-12(17)10-13(14)18/h6-7,10,15,20H,3-5,8-9,11H2,1-2H3. The Labute approximate surface area is 136 Å². The number of ether oxygens (including phenoxy) is 1. The molecule has 0 aliphatic heterocycles. The van der Waals surface area contributed by atoms with Gasteiger partial charge in [-0.25, -0.2) is 0 Å². The summed E-state index contributed by atoms with van der Waals surface area (Å²) in [4.78, 5) is 2.03. The van der Waals surface area contributed by atoms with Gasteiger partial charge in [0.05, 0.1) is 5.02 Å². The summed E-state index contributed by atoms with van der Waals surface area (Å²) < 4.78 is 6.07. The Kier molecular flexibility index (Phi) is 5.78. The van der Waals surface area contributed by atoms with Gasteiger partial charge >= 0.3 is 0 Å². The highest BCUT2D eigenvalue weighted by Crippen LogP contribution is 2.35. The second kappa shape index (κ2) is 7.19. The molecule has 3 nitrogen and oxygen atoms in total. The number of hydrogen-bond acceptors (Lipinski definition) is 3. The van der Waals surface area contributed by atoms with Crippen LogP contribution >= 0.6 is 23.2 Å². The van der Waals surface area contributed by atoms with Crippen molar-refractivity contribution < 1.29 is 9.84 Å². The van der Waals surface area contributed by atoms with Crippen LogP contribution in [0.15, 0.2) is 18.2 Å². The van der Waals surface area contributed by atoms with Crippen LogP contribution in [0.4, 0.5) is 0 Å². The second-order valence-corrected chi connectivity index (χ2v) is 6.95. The molecule has 1 fully saturated rings. The zero-order valence-electron chi connectivity index (χ0n) is 12.6. The molecule has 0 heterocycles. The van der Waals surface area contributed by atoms with E-state index in [-0.39, 0.29) is 6.10 Å². The van der Waals surface area contributed by atoms with Gasteiger partial charge in [-0.1, -0.05) is 42.5 Å². The Bertz CT molecular complexity index is 473. The van der Waals surface area contributed by atoms with Gasteiger partial charge in [0.2, 0.25) is 0 Å². The first-order valence-electron chi connectivity index (χ1n) is 7.39. The molecule has 1 N–H and O–H groups in total. The highest BCUT2D eigenvalue weighted by molar-refractivity contribution is 6.35. The van der Waals surface area contributed by atoms with Crippen molar-refractivity contribution in [2.75, 3.05) is 20.6 Å². The molecular formula is C16H23Cl2NO2. The number of aliphatic hydroxyl groups is 1. The van der Waals surface area contributed by atoms with Gasteiger partial charge in [0, 0.05) is 11.6 Å². The predicted octanol–water partition coefficient (Wildman–Crippen LogP) is 4.00. The number of likely N-dealkylation sites (N-methyl/N-ethyl adjacent to an activating group) is 1. The lowest BCUT2D eigenvalue weighted by atomic mass is 9.80. The van der Waals surface area contributed by atoms with Crippen molar-refractivity contribution >= 4 is 23.2 Å². The minimum absolute atomic E-state index is 0.300. The van der Waals surface area contributed by atoms with Crippen molar-refractivity contribution in [1.29, 1.82) is 0 Å². The molecule has 1 aliphatic rings. The quantitative estimate of drug-likeness (QED) is 0.885. The van der Waals surface area contributed by atoms with Crippen molar-refractivity contribution in [3.05, 3.63) is 28.2 Å². The molecule has 2 rings (SSSR count). The zero-order valence-corrected chi connectivity index (χ0v) is 14.1. The average Bonchev–Trinajstić information content (AvgIpc) is 2.41. The van der Waals surface area contributed by atoms with Gasteiger partial charge in [-0.05, 0) is 45.1 Å². The molecule has 1 unspecified atom stereocenters. The fourth-order valence-corrected chi connectivity index (χ4v) is 3.31. The Hall–Kier alpha value is -0.480. The van der Waals surface area contributed by atoms with Gasteiger partial charge < -0.3 is 14.7 Å². The third-order valence-corrected chi connectivity index (χ3v) is 4.54. The summed E-state index contributed by atoms with van der Waals surface area (Å²) in [7, 11) is 3.96. The molecule has 118 valence electrons. The average molecular weight is 332 g/mol. The van der Waals surface area contributed by atoms with E-state index in [1.807, 2.05) is 19.0 Å². The highest BCUT2D eigenvalue weighted by atomic mass is 35.5. The van der Waals surface area contributed by atoms with Crippen LogP contribution in [0, 0.1) is 0 Å². The minimum atomic E-state index is -0.786. The largest absolute Gasteiger partial charge is 0.485 e. The summed E-state index contributed by atoms with van der Waals surface area (Å²) in [6.45, 7) is 0.648. The van der Waals surface area contributed by atoms with E-state index in [1.54, 1.807) is 18.2 Å². The number of nitrogens with zero attached hydrogens (tertiary/aromatic N) is 1. The first-order valence-corrected chi connectivity index (χ1v) is 8.15. The summed E-state index contributed by atoms with van der Waals surface area (Å²) >= 11 is 12.1. The van der Waals surface area contributed by atoms with Crippen LogP contribution in [0.25, 0.3) is 0 Å². The summed E-state index contributed by atoms with van der Waals surface area (Å²) in [6, 6.07) is 5.18. The molecule has 1 saturated carbocycles. The van der Waals surface area contributed by atoms with Crippen molar-refractivity contribution in [3.63, 3.8) is 0 Å². The van der Waals surface area contributed by atoms with Crippen LogP contribution in [0.2, 0.25) is 10.0 Å². The molecular weight excluding hydrogens is 309 g/mol. The number of rotatable bonds is 5. The van der Waals surface area contributed by atoms with E-state index in [9.17, 15) is 5.11 Å². The molecule has 1 aliphatic carbocycles. The zero-order chi connectivity index (χ0) is 15.5. The van der Waals surface area contributed by atoms with Gasteiger partial charge in [-0.3, -0.25) is 0 Å². The monoisotopic (exact) mass is 331 g/mol. The van der Waals surface area contributed by atoms with E-state index in [0.29, 0.717) is 22.3 Å². The maximum Gasteiger partial charge on any atom is 0.140 e. The Balaban J connectivity index is 2.19. The number of benzene rings is 1. The van der Waals surface area contributed by atoms with E-state index in [0.717, 1.165) is 25.7 Å². The van der Waals surface area contributed by atoms with Gasteiger partial charge in [0.15, 0.2) is 0 Å². The lowest BCUT2D eigenvalue weighted by Crippen LogP contribution is -2.51. The predicted molar refractivity (Wildman–Crippen MR) is 87.5 cm³/mol. The maximum atomic E-state index is 11.0. The Morgan fingerprint density at radius 1 is 1.24 bits per heavy atom. The van der Waals surface area contributed by atoms with Gasteiger partial charge in [0.25, 0.3) is 0 Å². The molecule has 0 spiro atoms. The molecule has 0 bridgehead atoms. The van der Waals surface area contributed by atoms with Gasteiger partial charge in [-0.15, -0.1) is 0 Å². The highest BCUT2D eigenvalue weighted by Gasteiger charge is 2.40. The van der Waals surface area contributed by atoms with E-state index in [2.05, 4.69) is 0 Å². The summed E-state index contributed by atoms with van der Waals surface area (Å²) in [5.41, 5.74) is -0.786. The van der Waals surface area contributed by atoms with Crippen molar-refractivity contribution in [1.82, 2.24) is 4.90 Å². The number of hydrogen-bond donors (Lipinski definition) is 1. The topological polar surface area (TPSA) is 32.7 Å². The lowest BCUT2D eigenvalue weighted by Gasteiger charge is -2.40. The smallest absolute Gasteiger partial charge is 0.140 e. The minimum Gasteiger partial charge on any atom is -0.485 e. The molecule has 0 radical (unpaired) electrons. The molecule has 5 heteroatoms. The van der Waals surface area contributed by atoms with Crippen LogP contribution in [0.5, 0.6) is 5.75 Å². The summed E-state index contributed by atoms with van der Waals surface area (Å²) in [5.74, 6) is 0.576. The Morgan fingerprint density at radius 3 is 2.48 bits per heavy atom. The molecule has 21 heavy (non-hydrogen) atoms. The molecule has 0 saturated heterocycles. The van der Waals surface area contributed by atoms with Crippen LogP contribution in [-0.2, 0) is 0 Å². The van der Waals surface area contributed by atoms with Gasteiger partial charge in [-0.2, -0.15) is 0 Å². The van der Waals surface area contributed by atoms with Crippen LogP contribution in [0.3, 0.4) is 0 Å². The summed E-state index contributed by atoms with van der Waals surface area (Å²) in [6.07, 6.45) is 4.51.